The summed E-state index contributed by atoms with van der Waals surface area (Å²) in [5.41, 5.74) is 3.38. The number of hydrogen-bond acceptors (Lipinski definition) is 3. The highest BCUT2D eigenvalue weighted by Gasteiger charge is 2.26. The van der Waals surface area contributed by atoms with Crippen molar-refractivity contribution in [1.82, 2.24) is 10.3 Å². The molecule has 0 bridgehead atoms. The maximum atomic E-state index is 12.5. The van der Waals surface area contributed by atoms with E-state index in [1.807, 2.05) is 37.3 Å². The molecule has 4 nitrogen and oxygen atoms in total. The second kappa shape index (κ2) is 5.43. The Morgan fingerprint density at radius 1 is 1.35 bits per heavy atom. The molecule has 2 aromatic rings. The summed E-state index contributed by atoms with van der Waals surface area (Å²) >= 11 is 0. The van der Waals surface area contributed by atoms with Gasteiger partial charge in [-0.25, -0.2) is 4.98 Å². The number of rotatable bonds is 2. The fraction of sp³-hybridized carbons (Fsp3) is 0.250. The predicted octanol–water partition coefficient (Wildman–Crippen LogP) is 2.22. The van der Waals surface area contributed by atoms with Crippen LogP contribution in [0.5, 0.6) is 0 Å². The van der Waals surface area contributed by atoms with E-state index in [1.54, 1.807) is 6.20 Å². The third kappa shape index (κ3) is 2.56. The van der Waals surface area contributed by atoms with Crippen LogP contribution in [0.1, 0.15) is 22.6 Å². The lowest BCUT2D eigenvalue weighted by Crippen LogP contribution is -2.35. The van der Waals surface area contributed by atoms with Crippen LogP contribution < -0.4 is 10.6 Å². The van der Waals surface area contributed by atoms with Gasteiger partial charge in [-0.1, -0.05) is 24.3 Å². The quantitative estimate of drug-likeness (QED) is 0.877. The highest BCUT2D eigenvalue weighted by molar-refractivity contribution is 5.95. The van der Waals surface area contributed by atoms with Crippen LogP contribution in [-0.4, -0.2) is 17.4 Å². The van der Waals surface area contributed by atoms with E-state index in [-0.39, 0.29) is 11.8 Å². The van der Waals surface area contributed by atoms with Gasteiger partial charge in [0.1, 0.15) is 5.82 Å². The van der Waals surface area contributed by atoms with E-state index in [4.69, 9.17) is 0 Å². The van der Waals surface area contributed by atoms with E-state index in [9.17, 15) is 4.79 Å². The number of nitrogens with zero attached hydrogens (tertiary/aromatic N) is 1. The Bertz CT molecular complexity index is 639. The summed E-state index contributed by atoms with van der Waals surface area (Å²) in [4.78, 5) is 16.6. The van der Waals surface area contributed by atoms with Gasteiger partial charge in [-0.2, -0.15) is 0 Å². The van der Waals surface area contributed by atoms with E-state index in [1.165, 1.54) is 5.56 Å². The molecule has 102 valence electrons. The molecule has 0 radical (unpaired) electrons. The van der Waals surface area contributed by atoms with Crippen molar-refractivity contribution < 1.29 is 4.79 Å². The summed E-state index contributed by atoms with van der Waals surface area (Å²) in [5.74, 6) is 0.433. The molecule has 0 aliphatic carbocycles. The lowest BCUT2D eigenvalue weighted by atomic mass is 9.90. The second-order valence-corrected chi connectivity index (χ2v) is 5.09. The average Bonchev–Trinajstić information content (AvgIpc) is 2.46. The maximum absolute atomic E-state index is 12.5. The van der Waals surface area contributed by atoms with Crippen LogP contribution in [0.2, 0.25) is 0 Å². The number of fused-ring (bicyclic) bond motifs is 1. The van der Waals surface area contributed by atoms with Gasteiger partial charge < -0.3 is 10.6 Å². The molecule has 1 aliphatic heterocycles. The summed E-state index contributed by atoms with van der Waals surface area (Å²) in [7, 11) is 0. The third-order valence-corrected chi connectivity index (χ3v) is 3.58. The number of amides is 1. The summed E-state index contributed by atoms with van der Waals surface area (Å²) in [6.45, 7) is 3.46. The SMILES string of the molecule is Cc1ccnc(NC(=O)C2CNCc3ccccc32)c1. The van der Waals surface area contributed by atoms with Crippen molar-refractivity contribution in [2.24, 2.45) is 0 Å². The van der Waals surface area contributed by atoms with Crippen molar-refractivity contribution in [1.29, 1.82) is 0 Å². The monoisotopic (exact) mass is 267 g/mol. The predicted molar refractivity (Wildman–Crippen MR) is 78.5 cm³/mol. The zero-order valence-electron chi connectivity index (χ0n) is 11.4. The van der Waals surface area contributed by atoms with Crippen molar-refractivity contribution in [3.05, 3.63) is 59.3 Å². The first-order valence-electron chi connectivity index (χ1n) is 6.76. The standard InChI is InChI=1S/C16H17N3O/c1-11-6-7-18-15(8-11)19-16(20)14-10-17-9-12-4-2-3-5-13(12)14/h2-8,14,17H,9-10H2,1H3,(H,18,19,20). The molecule has 0 saturated heterocycles. The fourth-order valence-corrected chi connectivity index (χ4v) is 2.55. The number of anilines is 1. The number of benzene rings is 1. The van der Waals surface area contributed by atoms with Gasteiger partial charge in [-0.05, 0) is 35.7 Å². The molecule has 1 unspecified atom stereocenters. The van der Waals surface area contributed by atoms with Gasteiger partial charge >= 0.3 is 0 Å². The van der Waals surface area contributed by atoms with Gasteiger partial charge in [0.05, 0.1) is 5.92 Å². The third-order valence-electron chi connectivity index (χ3n) is 3.58. The minimum absolute atomic E-state index is 0.0113. The summed E-state index contributed by atoms with van der Waals surface area (Å²) in [6, 6.07) is 11.9. The number of carbonyl (C=O) groups excluding carboxylic acids is 1. The molecule has 1 aliphatic rings. The first kappa shape index (κ1) is 12.8. The highest BCUT2D eigenvalue weighted by Crippen LogP contribution is 2.24. The normalized spacial score (nSPS) is 17.4. The lowest BCUT2D eigenvalue weighted by Gasteiger charge is -2.25. The summed E-state index contributed by atoms with van der Waals surface area (Å²) in [6.07, 6.45) is 1.71. The number of pyridine rings is 1. The fourth-order valence-electron chi connectivity index (χ4n) is 2.55. The van der Waals surface area contributed by atoms with Gasteiger partial charge in [-0.3, -0.25) is 4.79 Å². The number of nitrogens with one attached hydrogen (secondary N) is 2. The Labute approximate surface area is 118 Å². The molecule has 0 saturated carbocycles. The van der Waals surface area contributed by atoms with Crippen LogP contribution in [0, 0.1) is 6.92 Å². The van der Waals surface area contributed by atoms with Crippen LogP contribution in [0.3, 0.4) is 0 Å². The largest absolute Gasteiger partial charge is 0.312 e. The molecular formula is C16H17N3O. The van der Waals surface area contributed by atoms with E-state index >= 15 is 0 Å². The van der Waals surface area contributed by atoms with Gasteiger partial charge in [0.2, 0.25) is 5.91 Å². The van der Waals surface area contributed by atoms with Crippen molar-refractivity contribution in [2.45, 2.75) is 19.4 Å². The Balaban J connectivity index is 1.82. The molecule has 0 spiro atoms. The number of hydrogen-bond donors (Lipinski definition) is 2. The molecule has 4 heteroatoms. The van der Waals surface area contributed by atoms with Crippen molar-refractivity contribution in [2.75, 3.05) is 11.9 Å². The Hall–Kier alpha value is -2.20. The molecule has 1 atom stereocenters. The Kier molecular flexibility index (Phi) is 3.48. The smallest absolute Gasteiger partial charge is 0.234 e. The zero-order chi connectivity index (χ0) is 13.9. The van der Waals surface area contributed by atoms with Crippen molar-refractivity contribution in [3.63, 3.8) is 0 Å². The lowest BCUT2D eigenvalue weighted by molar-refractivity contribution is -0.117. The molecule has 2 N–H and O–H groups in total. The van der Waals surface area contributed by atoms with Crippen LogP contribution in [0.25, 0.3) is 0 Å². The van der Waals surface area contributed by atoms with Crippen LogP contribution in [0.15, 0.2) is 42.6 Å². The van der Waals surface area contributed by atoms with Gasteiger partial charge in [-0.15, -0.1) is 0 Å². The Morgan fingerprint density at radius 3 is 3.05 bits per heavy atom. The van der Waals surface area contributed by atoms with E-state index in [0.29, 0.717) is 12.4 Å². The minimum Gasteiger partial charge on any atom is -0.312 e. The highest BCUT2D eigenvalue weighted by atomic mass is 16.2. The Morgan fingerprint density at radius 2 is 2.20 bits per heavy atom. The van der Waals surface area contributed by atoms with Crippen LogP contribution in [-0.2, 0) is 11.3 Å². The molecule has 20 heavy (non-hydrogen) atoms. The van der Waals surface area contributed by atoms with Crippen molar-refractivity contribution in [3.8, 4) is 0 Å². The van der Waals surface area contributed by atoms with Gasteiger partial charge in [0.15, 0.2) is 0 Å². The molecule has 2 heterocycles. The van der Waals surface area contributed by atoms with Gasteiger partial charge in [0, 0.05) is 19.3 Å². The number of aromatic nitrogens is 1. The summed E-state index contributed by atoms with van der Waals surface area (Å²) in [5, 5.41) is 6.19. The topological polar surface area (TPSA) is 54.0 Å². The summed E-state index contributed by atoms with van der Waals surface area (Å²) < 4.78 is 0. The molecular weight excluding hydrogens is 250 g/mol. The zero-order valence-corrected chi connectivity index (χ0v) is 11.4. The van der Waals surface area contributed by atoms with E-state index in [2.05, 4.69) is 21.7 Å². The molecule has 3 rings (SSSR count). The minimum atomic E-state index is -0.165. The first-order valence-corrected chi connectivity index (χ1v) is 6.76. The molecule has 1 amide bonds. The first-order chi connectivity index (χ1) is 9.74. The maximum Gasteiger partial charge on any atom is 0.234 e. The number of carbonyl (C=O) groups is 1. The molecule has 1 aromatic heterocycles. The van der Waals surface area contributed by atoms with Crippen LogP contribution in [0.4, 0.5) is 5.82 Å². The van der Waals surface area contributed by atoms with Crippen LogP contribution >= 0.6 is 0 Å². The second-order valence-electron chi connectivity index (χ2n) is 5.09. The molecule has 0 fully saturated rings. The van der Waals surface area contributed by atoms with Gasteiger partial charge in [0.25, 0.3) is 0 Å². The number of aryl methyl sites for hydroxylation is 1. The average molecular weight is 267 g/mol. The van der Waals surface area contributed by atoms with E-state index < -0.39 is 0 Å². The van der Waals surface area contributed by atoms with E-state index in [0.717, 1.165) is 17.7 Å². The van der Waals surface area contributed by atoms with Crippen molar-refractivity contribution >= 4 is 11.7 Å². The molecule has 1 aromatic carbocycles.